The van der Waals surface area contributed by atoms with E-state index >= 15 is 0 Å². The van der Waals surface area contributed by atoms with E-state index in [9.17, 15) is 0 Å². The van der Waals surface area contributed by atoms with E-state index in [0.717, 1.165) is 0 Å². The molecule has 0 spiro atoms. The lowest BCUT2D eigenvalue weighted by atomic mass is 9.82. The molecule has 9 aromatic rings. The average Bonchev–Trinajstić information content (AvgIpc) is 3.70. The van der Waals surface area contributed by atoms with Crippen LogP contribution in [0.25, 0.3) is 77.2 Å². The molecule has 1 aliphatic rings. The van der Waals surface area contributed by atoms with Crippen molar-refractivity contribution < 1.29 is 0 Å². The maximum Gasteiger partial charge on any atom is 0.0544 e. The number of hydrogen-bond acceptors (Lipinski definition) is 0. The highest BCUT2D eigenvalue weighted by Gasteiger charge is 2.37. The Morgan fingerprint density at radius 3 is 1.32 bits per heavy atom. The summed E-state index contributed by atoms with van der Waals surface area (Å²) >= 11 is 0. The predicted octanol–water partition coefficient (Wildman–Crippen LogP) is 11.9. The molecular weight excluding hydrogens is 569 g/mol. The first-order valence-electron chi connectivity index (χ1n) is 16.4. The minimum Gasteiger partial charge on any atom is -0.309 e. The molecule has 0 bridgehead atoms. The zero-order chi connectivity index (χ0) is 31.3. The SMILES string of the molecule is CC1(C)c2cc3c(cc2-c2cc4c5ccccc5n(-c5ccc(-c6ccccc6)cc5)c4cc21)c1ccccc1n3-c1ccccc1. The molecule has 0 unspecified atom stereocenters. The molecule has 7 aromatic carbocycles. The van der Waals surface area contributed by atoms with Gasteiger partial charge in [-0.15, -0.1) is 0 Å². The van der Waals surface area contributed by atoms with Crippen LogP contribution in [-0.2, 0) is 5.41 Å². The van der Waals surface area contributed by atoms with Crippen LogP contribution < -0.4 is 0 Å². The van der Waals surface area contributed by atoms with Gasteiger partial charge in [0, 0.05) is 38.3 Å². The second-order valence-electron chi connectivity index (χ2n) is 13.4. The molecule has 222 valence electrons. The number of nitrogens with zero attached hydrogens (tertiary/aromatic N) is 2. The van der Waals surface area contributed by atoms with Gasteiger partial charge in [-0.25, -0.2) is 0 Å². The smallest absolute Gasteiger partial charge is 0.0544 e. The van der Waals surface area contributed by atoms with E-state index in [1.165, 1.54) is 88.4 Å². The Morgan fingerprint density at radius 1 is 0.362 bits per heavy atom. The van der Waals surface area contributed by atoms with Crippen LogP contribution in [0.15, 0.2) is 158 Å². The average molecular weight is 601 g/mol. The molecule has 0 saturated carbocycles. The van der Waals surface area contributed by atoms with Crippen LogP contribution in [0.3, 0.4) is 0 Å². The van der Waals surface area contributed by atoms with E-state index < -0.39 is 0 Å². The molecule has 0 atom stereocenters. The van der Waals surface area contributed by atoms with Gasteiger partial charge in [0.25, 0.3) is 0 Å². The van der Waals surface area contributed by atoms with Gasteiger partial charge in [0.05, 0.1) is 22.1 Å². The lowest BCUT2D eigenvalue weighted by Crippen LogP contribution is -2.15. The first kappa shape index (κ1) is 26.4. The van der Waals surface area contributed by atoms with Gasteiger partial charge in [-0.1, -0.05) is 111 Å². The quantitative estimate of drug-likeness (QED) is 0.191. The van der Waals surface area contributed by atoms with Crippen molar-refractivity contribution in [1.29, 1.82) is 0 Å². The molecule has 0 fully saturated rings. The molecule has 2 nitrogen and oxygen atoms in total. The first-order valence-corrected chi connectivity index (χ1v) is 16.4. The van der Waals surface area contributed by atoms with Crippen LogP contribution in [0.1, 0.15) is 25.0 Å². The minimum absolute atomic E-state index is 0.163. The van der Waals surface area contributed by atoms with Crippen LogP contribution in [0, 0.1) is 0 Å². The Labute approximate surface area is 273 Å². The van der Waals surface area contributed by atoms with Crippen LogP contribution in [0.2, 0.25) is 0 Å². The molecule has 0 amide bonds. The highest BCUT2D eigenvalue weighted by molar-refractivity contribution is 6.14. The van der Waals surface area contributed by atoms with Crippen molar-refractivity contribution >= 4 is 43.6 Å². The predicted molar refractivity (Wildman–Crippen MR) is 198 cm³/mol. The third-order valence-electron chi connectivity index (χ3n) is 10.5. The lowest BCUT2D eigenvalue weighted by Gasteiger charge is -2.22. The molecule has 0 radical (unpaired) electrons. The summed E-state index contributed by atoms with van der Waals surface area (Å²) in [5.74, 6) is 0. The number of fused-ring (bicyclic) bond motifs is 9. The van der Waals surface area contributed by atoms with Gasteiger partial charge in [-0.2, -0.15) is 0 Å². The topological polar surface area (TPSA) is 9.86 Å². The highest BCUT2D eigenvalue weighted by atomic mass is 15.0. The van der Waals surface area contributed by atoms with Gasteiger partial charge in [0.1, 0.15) is 0 Å². The fraction of sp³-hybridized carbons (Fsp3) is 0.0667. The number of aromatic nitrogens is 2. The van der Waals surface area contributed by atoms with E-state index in [2.05, 4.69) is 181 Å². The molecule has 10 rings (SSSR count). The van der Waals surface area contributed by atoms with Crippen molar-refractivity contribution in [2.24, 2.45) is 0 Å². The maximum atomic E-state index is 2.48. The van der Waals surface area contributed by atoms with Crippen molar-refractivity contribution in [1.82, 2.24) is 9.13 Å². The summed E-state index contributed by atoms with van der Waals surface area (Å²) in [5, 5.41) is 5.16. The summed E-state index contributed by atoms with van der Waals surface area (Å²) in [6.45, 7) is 4.79. The molecular formula is C45H32N2. The Balaban J connectivity index is 1.22. The van der Waals surface area contributed by atoms with E-state index in [-0.39, 0.29) is 5.41 Å². The van der Waals surface area contributed by atoms with Gasteiger partial charge in [-0.3, -0.25) is 0 Å². The second-order valence-corrected chi connectivity index (χ2v) is 13.4. The van der Waals surface area contributed by atoms with Gasteiger partial charge in [-0.05, 0) is 94.0 Å². The van der Waals surface area contributed by atoms with E-state index in [4.69, 9.17) is 0 Å². The van der Waals surface area contributed by atoms with Gasteiger partial charge < -0.3 is 9.13 Å². The number of rotatable bonds is 3. The third-order valence-corrected chi connectivity index (χ3v) is 10.5. The fourth-order valence-corrected chi connectivity index (χ4v) is 8.22. The Kier molecular flexibility index (Phi) is 5.37. The highest BCUT2D eigenvalue weighted by Crippen LogP contribution is 2.53. The molecule has 0 N–H and O–H groups in total. The van der Waals surface area contributed by atoms with Crippen molar-refractivity contribution in [3.8, 4) is 33.6 Å². The molecule has 0 saturated heterocycles. The molecule has 2 heterocycles. The molecule has 0 aliphatic heterocycles. The summed E-state index contributed by atoms with van der Waals surface area (Å²) in [6, 6.07) is 58.0. The lowest BCUT2D eigenvalue weighted by molar-refractivity contribution is 0.661. The zero-order valence-electron chi connectivity index (χ0n) is 26.4. The summed E-state index contributed by atoms with van der Waals surface area (Å²) < 4.78 is 4.88. The standard InChI is InChI=1S/C45H32N2/c1-45(2)39-27-43-37(33-17-9-11-19-41(33)46(43)31-15-7-4-8-16-31)25-35(39)36-26-38-34-18-10-12-20-42(34)47(44(38)28-40(36)45)32-23-21-30(22-24-32)29-13-5-3-6-14-29/h3-28H,1-2H3. The summed E-state index contributed by atoms with van der Waals surface area (Å²) in [5.41, 5.74) is 15.1. The first-order chi connectivity index (χ1) is 23.1. The normalized spacial score (nSPS) is 13.5. The van der Waals surface area contributed by atoms with Gasteiger partial charge in [0.15, 0.2) is 0 Å². The number of benzene rings is 7. The van der Waals surface area contributed by atoms with Crippen LogP contribution in [0.5, 0.6) is 0 Å². The van der Waals surface area contributed by atoms with Crippen molar-refractivity contribution in [3.05, 3.63) is 169 Å². The Morgan fingerprint density at radius 2 is 0.787 bits per heavy atom. The monoisotopic (exact) mass is 600 g/mol. The number of para-hydroxylation sites is 3. The molecule has 47 heavy (non-hydrogen) atoms. The largest absolute Gasteiger partial charge is 0.309 e. The minimum atomic E-state index is -0.163. The Hall–Kier alpha value is -5.86. The van der Waals surface area contributed by atoms with Crippen molar-refractivity contribution in [3.63, 3.8) is 0 Å². The summed E-state index contributed by atoms with van der Waals surface area (Å²) in [6.07, 6.45) is 0. The second kappa shape index (κ2) is 9.57. The maximum absolute atomic E-state index is 2.48. The third kappa shape index (κ3) is 3.67. The van der Waals surface area contributed by atoms with E-state index in [1.807, 2.05) is 0 Å². The molecule has 2 heteroatoms. The molecule has 2 aromatic heterocycles. The van der Waals surface area contributed by atoms with Crippen LogP contribution >= 0.6 is 0 Å². The van der Waals surface area contributed by atoms with Crippen molar-refractivity contribution in [2.75, 3.05) is 0 Å². The van der Waals surface area contributed by atoms with Gasteiger partial charge >= 0.3 is 0 Å². The number of hydrogen-bond donors (Lipinski definition) is 0. The van der Waals surface area contributed by atoms with E-state index in [0.29, 0.717) is 0 Å². The van der Waals surface area contributed by atoms with Crippen molar-refractivity contribution in [2.45, 2.75) is 19.3 Å². The fourth-order valence-electron chi connectivity index (χ4n) is 8.22. The summed E-state index contributed by atoms with van der Waals surface area (Å²) in [4.78, 5) is 0. The van der Waals surface area contributed by atoms with Crippen LogP contribution in [-0.4, -0.2) is 9.13 Å². The van der Waals surface area contributed by atoms with Crippen LogP contribution in [0.4, 0.5) is 0 Å². The van der Waals surface area contributed by atoms with Gasteiger partial charge in [0.2, 0.25) is 0 Å². The zero-order valence-corrected chi connectivity index (χ0v) is 26.4. The Bertz CT molecular complexity index is 2670. The van der Waals surface area contributed by atoms with E-state index in [1.54, 1.807) is 0 Å². The summed E-state index contributed by atoms with van der Waals surface area (Å²) in [7, 11) is 0. The molecule has 1 aliphatic carbocycles.